The van der Waals surface area contributed by atoms with Gasteiger partial charge in [0.25, 0.3) is 11.8 Å². The van der Waals surface area contributed by atoms with Crippen LogP contribution in [0.25, 0.3) is 5.52 Å². The second-order valence-corrected chi connectivity index (χ2v) is 6.15. The summed E-state index contributed by atoms with van der Waals surface area (Å²) in [6.45, 7) is 2.66. The molecule has 2 amide bonds. The monoisotopic (exact) mass is 382 g/mol. The van der Waals surface area contributed by atoms with E-state index in [2.05, 4.69) is 15.6 Å². The number of carbonyl (C=O) groups is 2. The largest absolute Gasteiger partial charge is 0.495 e. The second-order valence-electron chi connectivity index (χ2n) is 6.15. The molecule has 3 rings (SSSR count). The smallest absolute Gasteiger partial charge is 0.292 e. The van der Waals surface area contributed by atoms with Gasteiger partial charge in [-0.25, -0.2) is 4.98 Å². The maximum atomic E-state index is 12.9. The van der Waals surface area contributed by atoms with Crippen molar-refractivity contribution in [3.63, 3.8) is 0 Å². The Morgan fingerprint density at radius 1 is 1.14 bits per heavy atom. The van der Waals surface area contributed by atoms with Gasteiger partial charge in [-0.2, -0.15) is 0 Å². The SMILES string of the molecule is COCCNC(=O)c1nc(C(=O)Nc2cc(C)ccc2OC)n2ccccc12. The van der Waals surface area contributed by atoms with E-state index in [-0.39, 0.29) is 17.4 Å². The molecule has 0 aliphatic carbocycles. The Morgan fingerprint density at radius 3 is 2.71 bits per heavy atom. The lowest BCUT2D eigenvalue weighted by molar-refractivity contribution is 0.0934. The van der Waals surface area contributed by atoms with Gasteiger partial charge >= 0.3 is 0 Å². The first-order chi connectivity index (χ1) is 13.5. The highest BCUT2D eigenvalue weighted by Gasteiger charge is 2.22. The molecule has 0 spiro atoms. The van der Waals surface area contributed by atoms with Gasteiger partial charge in [-0.05, 0) is 36.8 Å². The first-order valence-corrected chi connectivity index (χ1v) is 8.75. The molecular formula is C20H22N4O4. The van der Waals surface area contributed by atoms with E-state index in [9.17, 15) is 9.59 Å². The fourth-order valence-electron chi connectivity index (χ4n) is 2.81. The average Bonchev–Trinajstić information content (AvgIpc) is 3.08. The van der Waals surface area contributed by atoms with Crippen molar-refractivity contribution in [1.29, 1.82) is 0 Å². The molecule has 3 aromatic rings. The number of pyridine rings is 1. The number of rotatable bonds is 7. The number of carbonyl (C=O) groups excluding carboxylic acids is 2. The summed E-state index contributed by atoms with van der Waals surface area (Å²) in [7, 11) is 3.09. The molecule has 1 aromatic carbocycles. The van der Waals surface area contributed by atoms with Gasteiger partial charge in [0.15, 0.2) is 5.69 Å². The summed E-state index contributed by atoms with van der Waals surface area (Å²) in [5.41, 5.74) is 2.23. The fourth-order valence-corrected chi connectivity index (χ4v) is 2.81. The molecule has 0 fully saturated rings. The van der Waals surface area contributed by atoms with E-state index in [0.29, 0.717) is 30.1 Å². The van der Waals surface area contributed by atoms with Crippen LogP contribution in [0.3, 0.4) is 0 Å². The fraction of sp³-hybridized carbons (Fsp3) is 0.250. The van der Waals surface area contributed by atoms with E-state index in [1.165, 1.54) is 7.11 Å². The predicted molar refractivity (Wildman–Crippen MR) is 105 cm³/mol. The molecular weight excluding hydrogens is 360 g/mol. The Bertz CT molecular complexity index is 1010. The zero-order valence-corrected chi connectivity index (χ0v) is 16.0. The summed E-state index contributed by atoms with van der Waals surface area (Å²) >= 11 is 0. The molecule has 0 unspecified atom stereocenters. The molecule has 0 bridgehead atoms. The summed E-state index contributed by atoms with van der Waals surface area (Å²) < 4.78 is 11.8. The molecule has 0 saturated heterocycles. The lowest BCUT2D eigenvalue weighted by Gasteiger charge is -2.10. The topological polar surface area (TPSA) is 94.0 Å². The van der Waals surface area contributed by atoms with Gasteiger partial charge in [-0.15, -0.1) is 0 Å². The number of fused-ring (bicyclic) bond motifs is 1. The Balaban J connectivity index is 1.94. The summed E-state index contributed by atoms with van der Waals surface area (Å²) in [5, 5.41) is 5.54. The van der Waals surface area contributed by atoms with Crippen LogP contribution in [-0.2, 0) is 4.74 Å². The number of benzene rings is 1. The highest BCUT2D eigenvalue weighted by Crippen LogP contribution is 2.26. The lowest BCUT2D eigenvalue weighted by atomic mass is 10.2. The first-order valence-electron chi connectivity index (χ1n) is 8.75. The minimum Gasteiger partial charge on any atom is -0.495 e. The van der Waals surface area contributed by atoms with Crippen LogP contribution in [0.15, 0.2) is 42.6 Å². The van der Waals surface area contributed by atoms with Gasteiger partial charge in [0.2, 0.25) is 5.82 Å². The first kappa shape index (κ1) is 19.4. The molecule has 2 aromatic heterocycles. The quantitative estimate of drug-likeness (QED) is 0.612. The number of nitrogens with zero attached hydrogens (tertiary/aromatic N) is 2. The molecule has 2 N–H and O–H groups in total. The Labute approximate surface area is 162 Å². The van der Waals surface area contributed by atoms with Crippen molar-refractivity contribution < 1.29 is 19.1 Å². The zero-order valence-electron chi connectivity index (χ0n) is 16.0. The minimum atomic E-state index is -0.443. The normalized spacial score (nSPS) is 10.7. The number of anilines is 1. The Hall–Kier alpha value is -3.39. The summed E-state index contributed by atoms with van der Waals surface area (Å²) in [4.78, 5) is 29.7. The van der Waals surface area contributed by atoms with Gasteiger partial charge in [-0.1, -0.05) is 12.1 Å². The number of aryl methyl sites for hydroxylation is 1. The molecule has 0 atom stereocenters. The molecule has 28 heavy (non-hydrogen) atoms. The van der Waals surface area contributed by atoms with Crippen LogP contribution >= 0.6 is 0 Å². The van der Waals surface area contributed by atoms with Crippen LogP contribution < -0.4 is 15.4 Å². The van der Waals surface area contributed by atoms with Crippen LogP contribution in [0.4, 0.5) is 5.69 Å². The van der Waals surface area contributed by atoms with Gasteiger partial charge in [0, 0.05) is 19.9 Å². The highest BCUT2D eigenvalue weighted by atomic mass is 16.5. The van der Waals surface area contributed by atoms with Crippen molar-refractivity contribution in [2.24, 2.45) is 0 Å². The minimum absolute atomic E-state index is 0.107. The number of hydrogen-bond acceptors (Lipinski definition) is 5. The van der Waals surface area contributed by atoms with E-state index in [1.54, 1.807) is 42.0 Å². The standard InChI is InChI=1S/C20H22N4O4/c1-13-7-8-16(28-3)14(12-13)22-20(26)18-23-17(19(25)21-9-11-27-2)15-6-4-5-10-24(15)18/h4-8,10,12H,9,11H2,1-3H3,(H,21,25)(H,22,26). The third kappa shape index (κ3) is 3.96. The third-order valence-corrected chi connectivity index (χ3v) is 4.16. The van der Waals surface area contributed by atoms with Gasteiger partial charge in [0.05, 0.1) is 24.9 Å². The maximum absolute atomic E-state index is 12.9. The van der Waals surface area contributed by atoms with Gasteiger partial charge in [0.1, 0.15) is 5.75 Å². The molecule has 8 nitrogen and oxygen atoms in total. The van der Waals surface area contributed by atoms with Crippen LogP contribution in [-0.4, -0.2) is 48.6 Å². The number of amides is 2. The summed E-state index contributed by atoms with van der Waals surface area (Å²) in [5.74, 6) is -0.164. The van der Waals surface area contributed by atoms with Crippen molar-refractivity contribution in [2.75, 3.05) is 32.7 Å². The zero-order chi connectivity index (χ0) is 20.1. The highest BCUT2D eigenvalue weighted by molar-refractivity contribution is 6.06. The van der Waals surface area contributed by atoms with E-state index in [1.807, 2.05) is 19.1 Å². The van der Waals surface area contributed by atoms with Crippen molar-refractivity contribution in [3.05, 3.63) is 59.7 Å². The van der Waals surface area contributed by atoms with Crippen LogP contribution in [0.2, 0.25) is 0 Å². The number of hydrogen-bond donors (Lipinski definition) is 2. The van der Waals surface area contributed by atoms with Crippen molar-refractivity contribution in [3.8, 4) is 5.75 Å². The Morgan fingerprint density at radius 2 is 1.96 bits per heavy atom. The molecule has 0 saturated carbocycles. The number of ether oxygens (including phenoxy) is 2. The van der Waals surface area contributed by atoms with Crippen molar-refractivity contribution in [2.45, 2.75) is 6.92 Å². The van der Waals surface area contributed by atoms with Crippen molar-refractivity contribution in [1.82, 2.24) is 14.7 Å². The molecule has 2 heterocycles. The number of imidazole rings is 1. The summed E-state index contributed by atoms with van der Waals surface area (Å²) in [6.07, 6.45) is 1.69. The molecule has 0 radical (unpaired) electrons. The molecule has 0 aliphatic rings. The van der Waals surface area contributed by atoms with Gasteiger partial charge < -0.3 is 20.1 Å². The van der Waals surface area contributed by atoms with Crippen molar-refractivity contribution >= 4 is 23.0 Å². The van der Waals surface area contributed by atoms with Crippen LogP contribution in [0.5, 0.6) is 5.75 Å². The average molecular weight is 382 g/mol. The molecule has 8 heteroatoms. The third-order valence-electron chi connectivity index (χ3n) is 4.16. The summed E-state index contributed by atoms with van der Waals surface area (Å²) in [6, 6.07) is 10.8. The number of nitrogens with one attached hydrogen (secondary N) is 2. The van der Waals surface area contributed by atoms with Crippen LogP contribution in [0.1, 0.15) is 26.7 Å². The maximum Gasteiger partial charge on any atom is 0.292 e. The van der Waals surface area contributed by atoms with E-state index >= 15 is 0 Å². The molecule has 146 valence electrons. The Kier molecular flexibility index (Phi) is 5.90. The van der Waals surface area contributed by atoms with E-state index < -0.39 is 5.91 Å². The van der Waals surface area contributed by atoms with Gasteiger partial charge in [-0.3, -0.25) is 14.0 Å². The number of aromatic nitrogens is 2. The predicted octanol–water partition coefficient (Wildman–Crippen LogP) is 2.28. The van der Waals surface area contributed by atoms with E-state index in [0.717, 1.165) is 5.56 Å². The second kappa shape index (κ2) is 8.53. The lowest BCUT2D eigenvalue weighted by Crippen LogP contribution is -2.27. The number of methoxy groups -OCH3 is 2. The van der Waals surface area contributed by atoms with Crippen LogP contribution in [0, 0.1) is 6.92 Å². The molecule has 0 aliphatic heterocycles. The van der Waals surface area contributed by atoms with E-state index in [4.69, 9.17) is 9.47 Å².